The number of Topliss-reactive ketones (excluding diaryl/α,β-unsaturated/α-hetero) is 1. The van der Waals surface area contributed by atoms with Crippen LogP contribution in [0.15, 0.2) is 40.6 Å². The molecule has 2 rings (SSSR count). The van der Waals surface area contributed by atoms with E-state index in [4.69, 9.17) is 5.11 Å². The second-order valence-corrected chi connectivity index (χ2v) is 7.74. The van der Waals surface area contributed by atoms with Crippen molar-refractivity contribution in [3.63, 3.8) is 0 Å². The largest absolute Gasteiger partial charge is 0.511 e. The zero-order valence-corrected chi connectivity index (χ0v) is 15.0. The third kappa shape index (κ3) is 4.54. The number of aliphatic hydroxyl groups is 2. The van der Waals surface area contributed by atoms with Gasteiger partial charge in [-0.3, -0.25) is 9.79 Å². The molecule has 4 heteroatoms. The van der Waals surface area contributed by atoms with E-state index in [-0.39, 0.29) is 23.6 Å². The summed E-state index contributed by atoms with van der Waals surface area (Å²) in [5.41, 5.74) is 2.38. The van der Waals surface area contributed by atoms with E-state index in [2.05, 4.69) is 18.8 Å². The monoisotopic (exact) mass is 329 g/mol. The van der Waals surface area contributed by atoms with Gasteiger partial charge in [-0.05, 0) is 35.4 Å². The predicted molar refractivity (Wildman–Crippen MR) is 96.6 cm³/mol. The number of ketones is 1. The van der Waals surface area contributed by atoms with Crippen molar-refractivity contribution in [1.82, 2.24) is 0 Å². The molecule has 24 heavy (non-hydrogen) atoms. The molecule has 1 aromatic rings. The summed E-state index contributed by atoms with van der Waals surface area (Å²) in [4.78, 5) is 17.2. The van der Waals surface area contributed by atoms with Gasteiger partial charge in [0.2, 0.25) is 0 Å². The summed E-state index contributed by atoms with van der Waals surface area (Å²) in [6.45, 7) is 8.11. The Kier molecular flexibility index (Phi) is 5.60. The van der Waals surface area contributed by atoms with Crippen molar-refractivity contribution in [2.24, 2.45) is 16.3 Å². The van der Waals surface area contributed by atoms with Crippen molar-refractivity contribution in [2.75, 3.05) is 0 Å². The van der Waals surface area contributed by atoms with Crippen molar-refractivity contribution < 1.29 is 15.0 Å². The Labute approximate surface area is 143 Å². The molecular weight excluding hydrogens is 302 g/mol. The van der Waals surface area contributed by atoms with Crippen molar-refractivity contribution in [2.45, 2.75) is 53.6 Å². The van der Waals surface area contributed by atoms with Crippen LogP contribution in [0.25, 0.3) is 0 Å². The number of aliphatic hydroxyl groups excluding tert-OH is 2. The fraction of sp³-hybridized carbons (Fsp3) is 0.500. The van der Waals surface area contributed by atoms with Gasteiger partial charge in [0.15, 0.2) is 5.78 Å². The van der Waals surface area contributed by atoms with E-state index >= 15 is 0 Å². The maximum atomic E-state index is 12.6. The summed E-state index contributed by atoms with van der Waals surface area (Å²) in [7, 11) is 0. The van der Waals surface area contributed by atoms with Crippen LogP contribution >= 0.6 is 0 Å². The first-order chi connectivity index (χ1) is 11.2. The topological polar surface area (TPSA) is 69.9 Å². The van der Waals surface area contributed by atoms with Gasteiger partial charge in [0.05, 0.1) is 23.6 Å². The standard InChI is InChI=1S/C20H27NO3/c1-13(2)9-16(21-15-7-5-14(12-22)6-8-15)19-17(23)10-20(3,4)11-18(19)24/h5-8,13,22-23H,9-12H2,1-4H3. The summed E-state index contributed by atoms with van der Waals surface area (Å²) in [5, 5.41) is 19.6. The highest BCUT2D eigenvalue weighted by atomic mass is 16.3. The normalized spacial score (nSPS) is 18.4. The van der Waals surface area contributed by atoms with Crippen LogP contribution in [-0.2, 0) is 11.4 Å². The lowest BCUT2D eigenvalue weighted by atomic mass is 9.75. The van der Waals surface area contributed by atoms with Gasteiger partial charge in [0.1, 0.15) is 5.76 Å². The van der Waals surface area contributed by atoms with Gasteiger partial charge in [0, 0.05) is 12.8 Å². The van der Waals surface area contributed by atoms with Crippen LogP contribution in [0.4, 0.5) is 5.69 Å². The van der Waals surface area contributed by atoms with Crippen LogP contribution in [0.2, 0.25) is 0 Å². The second-order valence-electron chi connectivity index (χ2n) is 7.74. The van der Waals surface area contributed by atoms with E-state index in [9.17, 15) is 9.90 Å². The van der Waals surface area contributed by atoms with Crippen LogP contribution in [-0.4, -0.2) is 21.7 Å². The summed E-state index contributed by atoms with van der Waals surface area (Å²) in [6, 6.07) is 7.26. The molecule has 2 N–H and O–H groups in total. The molecule has 1 aromatic carbocycles. The van der Waals surface area contributed by atoms with E-state index < -0.39 is 0 Å². The summed E-state index contributed by atoms with van der Waals surface area (Å²) < 4.78 is 0. The van der Waals surface area contributed by atoms with Crippen molar-refractivity contribution in [3.8, 4) is 0 Å². The lowest BCUT2D eigenvalue weighted by molar-refractivity contribution is -0.117. The van der Waals surface area contributed by atoms with Gasteiger partial charge >= 0.3 is 0 Å². The van der Waals surface area contributed by atoms with Crippen molar-refractivity contribution in [3.05, 3.63) is 41.2 Å². The number of nitrogens with zero attached hydrogens (tertiary/aromatic N) is 1. The van der Waals surface area contributed by atoms with Crippen molar-refractivity contribution in [1.29, 1.82) is 0 Å². The average molecular weight is 329 g/mol. The molecule has 0 fully saturated rings. The average Bonchev–Trinajstić information content (AvgIpc) is 2.45. The SMILES string of the molecule is CC(C)CC(=Nc1ccc(CO)cc1)C1=C(O)CC(C)(C)CC1=O. The van der Waals surface area contributed by atoms with Crippen molar-refractivity contribution >= 4 is 17.2 Å². The predicted octanol–water partition coefficient (Wildman–Crippen LogP) is 4.50. The zero-order chi connectivity index (χ0) is 17.9. The first-order valence-electron chi connectivity index (χ1n) is 8.45. The molecule has 0 bridgehead atoms. The Morgan fingerprint density at radius 1 is 1.21 bits per heavy atom. The first-order valence-corrected chi connectivity index (χ1v) is 8.45. The number of hydrogen-bond acceptors (Lipinski definition) is 4. The summed E-state index contributed by atoms with van der Waals surface area (Å²) in [5.74, 6) is 0.446. The number of carbonyl (C=O) groups is 1. The lowest BCUT2D eigenvalue weighted by Crippen LogP contribution is -2.29. The molecule has 0 amide bonds. The highest BCUT2D eigenvalue weighted by molar-refractivity contribution is 6.23. The Morgan fingerprint density at radius 2 is 1.83 bits per heavy atom. The quantitative estimate of drug-likeness (QED) is 0.781. The Morgan fingerprint density at radius 3 is 2.33 bits per heavy atom. The molecule has 0 aliphatic heterocycles. The van der Waals surface area contributed by atoms with E-state index in [1.165, 1.54) is 0 Å². The minimum absolute atomic E-state index is 0.0116. The molecule has 0 saturated heterocycles. The first kappa shape index (κ1) is 18.4. The number of hydrogen-bond donors (Lipinski definition) is 2. The van der Waals surface area contributed by atoms with Gasteiger partial charge in [-0.25, -0.2) is 0 Å². The highest BCUT2D eigenvalue weighted by Gasteiger charge is 2.35. The molecule has 0 aromatic heterocycles. The molecule has 4 nitrogen and oxygen atoms in total. The molecule has 0 radical (unpaired) electrons. The third-order valence-electron chi connectivity index (χ3n) is 4.13. The van der Waals surface area contributed by atoms with E-state index in [1.54, 1.807) is 0 Å². The molecule has 0 saturated carbocycles. The molecular formula is C20H27NO3. The second kappa shape index (κ2) is 7.31. The van der Waals surface area contributed by atoms with Gasteiger partial charge in [-0.2, -0.15) is 0 Å². The molecule has 0 atom stereocenters. The Balaban J connectivity index is 2.44. The lowest BCUT2D eigenvalue weighted by Gasteiger charge is -2.30. The van der Waals surface area contributed by atoms with E-state index in [0.717, 1.165) is 11.3 Å². The Hall–Kier alpha value is -1.94. The molecule has 1 aliphatic carbocycles. The Bertz CT molecular complexity index is 667. The summed E-state index contributed by atoms with van der Waals surface area (Å²) in [6.07, 6.45) is 1.55. The van der Waals surface area contributed by atoms with E-state index in [0.29, 0.717) is 36.5 Å². The zero-order valence-electron chi connectivity index (χ0n) is 15.0. The number of benzene rings is 1. The van der Waals surface area contributed by atoms with Gasteiger partial charge in [-0.15, -0.1) is 0 Å². The van der Waals surface area contributed by atoms with Gasteiger partial charge in [-0.1, -0.05) is 39.8 Å². The number of allylic oxidation sites excluding steroid dienone is 2. The van der Waals surface area contributed by atoms with Crippen LogP contribution in [0.5, 0.6) is 0 Å². The van der Waals surface area contributed by atoms with Crippen LogP contribution in [0, 0.1) is 11.3 Å². The molecule has 0 spiro atoms. The smallest absolute Gasteiger partial charge is 0.168 e. The minimum Gasteiger partial charge on any atom is -0.511 e. The fourth-order valence-corrected chi connectivity index (χ4v) is 3.04. The molecule has 1 aliphatic rings. The maximum Gasteiger partial charge on any atom is 0.168 e. The number of aliphatic imine (C=N–C) groups is 1. The van der Waals surface area contributed by atoms with Gasteiger partial charge in [0.25, 0.3) is 0 Å². The molecule has 130 valence electrons. The fourth-order valence-electron chi connectivity index (χ4n) is 3.04. The van der Waals surface area contributed by atoms with Gasteiger partial charge < -0.3 is 10.2 Å². The molecule has 0 heterocycles. The number of rotatable bonds is 5. The summed E-state index contributed by atoms with van der Waals surface area (Å²) >= 11 is 0. The highest BCUT2D eigenvalue weighted by Crippen LogP contribution is 2.37. The number of carbonyl (C=O) groups excluding carboxylic acids is 1. The van der Waals surface area contributed by atoms with Crippen LogP contribution in [0.1, 0.15) is 52.5 Å². The van der Waals surface area contributed by atoms with Crippen LogP contribution in [0.3, 0.4) is 0 Å². The molecule has 0 unspecified atom stereocenters. The van der Waals surface area contributed by atoms with Crippen LogP contribution < -0.4 is 0 Å². The minimum atomic E-state index is -0.212. The third-order valence-corrected chi connectivity index (χ3v) is 4.13. The van der Waals surface area contributed by atoms with E-state index in [1.807, 2.05) is 38.1 Å². The maximum absolute atomic E-state index is 12.6.